The van der Waals surface area contributed by atoms with Gasteiger partial charge in [0.15, 0.2) is 0 Å². The van der Waals surface area contributed by atoms with Crippen LogP contribution in [0.3, 0.4) is 0 Å². The standard InChI is InChI=1S/C14H15BrN2O3/c15-10-5-6-12-11(8-10)14(20)17(9-16-12)7-3-1-2-4-13(18)19/h5-6,8-9H,1-4,7H2,(H,18,19). The third kappa shape index (κ3) is 3.66. The maximum atomic E-state index is 12.3. The van der Waals surface area contributed by atoms with Crippen molar-refractivity contribution >= 4 is 32.8 Å². The van der Waals surface area contributed by atoms with Crippen LogP contribution in [0.2, 0.25) is 0 Å². The molecule has 0 saturated heterocycles. The summed E-state index contributed by atoms with van der Waals surface area (Å²) in [5.74, 6) is -0.778. The molecule has 1 aromatic heterocycles. The van der Waals surface area contributed by atoms with Gasteiger partial charge in [-0.1, -0.05) is 22.4 Å². The maximum Gasteiger partial charge on any atom is 0.303 e. The second kappa shape index (κ2) is 6.65. The molecule has 0 unspecified atom stereocenters. The van der Waals surface area contributed by atoms with Crippen molar-refractivity contribution in [1.82, 2.24) is 9.55 Å². The van der Waals surface area contributed by atoms with Crippen LogP contribution in [0.15, 0.2) is 33.8 Å². The maximum absolute atomic E-state index is 12.3. The van der Waals surface area contributed by atoms with Crippen LogP contribution in [0, 0.1) is 0 Å². The van der Waals surface area contributed by atoms with Crippen LogP contribution in [-0.2, 0) is 11.3 Å². The normalized spacial score (nSPS) is 10.8. The van der Waals surface area contributed by atoms with E-state index in [1.807, 2.05) is 6.07 Å². The lowest BCUT2D eigenvalue weighted by molar-refractivity contribution is -0.137. The van der Waals surface area contributed by atoms with Gasteiger partial charge in [-0.25, -0.2) is 4.98 Å². The summed E-state index contributed by atoms with van der Waals surface area (Å²) < 4.78 is 2.43. The van der Waals surface area contributed by atoms with E-state index in [0.29, 0.717) is 23.9 Å². The van der Waals surface area contributed by atoms with Crippen LogP contribution in [0.1, 0.15) is 25.7 Å². The van der Waals surface area contributed by atoms with Gasteiger partial charge in [0, 0.05) is 17.4 Å². The molecule has 0 spiro atoms. The number of benzene rings is 1. The fourth-order valence-corrected chi connectivity index (χ4v) is 2.39. The number of carboxylic acids is 1. The average molecular weight is 339 g/mol. The molecule has 0 amide bonds. The monoisotopic (exact) mass is 338 g/mol. The molecule has 1 N–H and O–H groups in total. The lowest BCUT2D eigenvalue weighted by Crippen LogP contribution is -2.20. The van der Waals surface area contributed by atoms with Crippen LogP contribution in [-0.4, -0.2) is 20.6 Å². The highest BCUT2D eigenvalue weighted by atomic mass is 79.9. The van der Waals surface area contributed by atoms with Crippen molar-refractivity contribution < 1.29 is 9.90 Å². The van der Waals surface area contributed by atoms with Gasteiger partial charge in [0.2, 0.25) is 0 Å². The molecule has 0 saturated carbocycles. The van der Waals surface area contributed by atoms with Crippen LogP contribution in [0.25, 0.3) is 10.9 Å². The first-order valence-corrected chi connectivity index (χ1v) is 7.24. The highest BCUT2D eigenvalue weighted by molar-refractivity contribution is 9.10. The van der Waals surface area contributed by atoms with Gasteiger partial charge in [0.1, 0.15) is 0 Å². The number of nitrogens with zero attached hydrogens (tertiary/aromatic N) is 2. The Morgan fingerprint density at radius 1 is 1.30 bits per heavy atom. The zero-order chi connectivity index (χ0) is 14.5. The number of aromatic nitrogens is 2. The van der Waals surface area contributed by atoms with Gasteiger partial charge in [-0.3, -0.25) is 14.2 Å². The smallest absolute Gasteiger partial charge is 0.303 e. The first kappa shape index (κ1) is 14.7. The summed E-state index contributed by atoms with van der Waals surface area (Å²) in [6.45, 7) is 0.563. The second-order valence-corrected chi connectivity index (χ2v) is 5.52. The van der Waals surface area contributed by atoms with E-state index < -0.39 is 5.97 Å². The molecule has 0 atom stereocenters. The van der Waals surface area contributed by atoms with Crippen LogP contribution >= 0.6 is 15.9 Å². The quantitative estimate of drug-likeness (QED) is 0.822. The van der Waals surface area contributed by atoms with Gasteiger partial charge in [-0.15, -0.1) is 0 Å². The summed E-state index contributed by atoms with van der Waals surface area (Å²) in [7, 11) is 0. The summed E-state index contributed by atoms with van der Waals surface area (Å²) in [5.41, 5.74) is 0.620. The Kier molecular flexibility index (Phi) is 4.89. The first-order chi connectivity index (χ1) is 9.58. The van der Waals surface area contributed by atoms with Crippen molar-refractivity contribution in [1.29, 1.82) is 0 Å². The Morgan fingerprint density at radius 2 is 2.10 bits per heavy atom. The Bertz CT molecular complexity index is 682. The molecule has 0 radical (unpaired) electrons. The van der Waals surface area contributed by atoms with E-state index in [0.717, 1.165) is 17.3 Å². The van der Waals surface area contributed by atoms with E-state index in [9.17, 15) is 9.59 Å². The summed E-state index contributed by atoms with van der Waals surface area (Å²) >= 11 is 3.35. The number of hydrogen-bond donors (Lipinski definition) is 1. The van der Waals surface area contributed by atoms with Crippen LogP contribution in [0.4, 0.5) is 0 Å². The fourth-order valence-electron chi connectivity index (χ4n) is 2.03. The molecule has 2 rings (SSSR count). The molecular formula is C14H15BrN2O3. The minimum absolute atomic E-state index is 0.0606. The van der Waals surface area contributed by atoms with Gasteiger partial charge in [0.25, 0.3) is 5.56 Å². The number of aryl methyl sites for hydroxylation is 1. The minimum Gasteiger partial charge on any atom is -0.481 e. The van der Waals surface area contributed by atoms with Crippen molar-refractivity contribution in [3.8, 4) is 0 Å². The van der Waals surface area contributed by atoms with E-state index in [4.69, 9.17) is 5.11 Å². The molecule has 1 aromatic carbocycles. The molecule has 106 valence electrons. The predicted molar refractivity (Wildman–Crippen MR) is 79.8 cm³/mol. The average Bonchev–Trinajstić information content (AvgIpc) is 2.41. The number of fused-ring (bicyclic) bond motifs is 1. The van der Waals surface area contributed by atoms with E-state index >= 15 is 0 Å². The highest BCUT2D eigenvalue weighted by Crippen LogP contribution is 2.15. The Morgan fingerprint density at radius 3 is 2.85 bits per heavy atom. The highest BCUT2D eigenvalue weighted by Gasteiger charge is 2.04. The number of hydrogen-bond acceptors (Lipinski definition) is 3. The number of rotatable bonds is 6. The van der Waals surface area contributed by atoms with Crippen LogP contribution < -0.4 is 5.56 Å². The summed E-state index contributed by atoms with van der Waals surface area (Å²) in [5, 5.41) is 9.14. The Balaban J connectivity index is 2.05. The minimum atomic E-state index is -0.778. The third-order valence-corrected chi connectivity index (χ3v) is 3.57. The SMILES string of the molecule is O=C(O)CCCCCn1cnc2ccc(Br)cc2c1=O. The fraction of sp³-hybridized carbons (Fsp3) is 0.357. The number of unbranched alkanes of at least 4 members (excludes halogenated alkanes) is 2. The zero-order valence-corrected chi connectivity index (χ0v) is 12.5. The molecule has 6 heteroatoms. The number of aliphatic carboxylic acids is 1. The van der Waals surface area contributed by atoms with Gasteiger partial charge < -0.3 is 5.11 Å². The van der Waals surface area contributed by atoms with Crippen molar-refractivity contribution in [2.45, 2.75) is 32.2 Å². The first-order valence-electron chi connectivity index (χ1n) is 6.44. The molecular weight excluding hydrogens is 324 g/mol. The molecule has 5 nitrogen and oxygen atoms in total. The molecule has 20 heavy (non-hydrogen) atoms. The van der Waals surface area contributed by atoms with Crippen LogP contribution in [0.5, 0.6) is 0 Å². The van der Waals surface area contributed by atoms with Crippen molar-refractivity contribution in [2.75, 3.05) is 0 Å². The van der Waals surface area contributed by atoms with Crippen molar-refractivity contribution in [3.63, 3.8) is 0 Å². The molecule has 0 fully saturated rings. The third-order valence-electron chi connectivity index (χ3n) is 3.08. The summed E-state index contributed by atoms with van der Waals surface area (Å²) in [6, 6.07) is 5.43. The summed E-state index contributed by atoms with van der Waals surface area (Å²) in [6.07, 6.45) is 3.92. The Labute approximate surface area is 124 Å². The van der Waals surface area contributed by atoms with Gasteiger partial charge in [0.05, 0.1) is 17.2 Å². The van der Waals surface area contributed by atoms with Crippen molar-refractivity contribution in [3.05, 3.63) is 39.4 Å². The molecule has 0 aliphatic heterocycles. The molecule has 0 aliphatic rings. The van der Waals surface area contributed by atoms with Gasteiger partial charge in [-0.05, 0) is 31.0 Å². The largest absolute Gasteiger partial charge is 0.481 e. The molecule has 2 aromatic rings. The second-order valence-electron chi connectivity index (χ2n) is 4.61. The van der Waals surface area contributed by atoms with E-state index in [-0.39, 0.29) is 12.0 Å². The van der Waals surface area contributed by atoms with E-state index in [1.54, 1.807) is 23.0 Å². The van der Waals surface area contributed by atoms with E-state index in [2.05, 4.69) is 20.9 Å². The summed E-state index contributed by atoms with van der Waals surface area (Å²) in [4.78, 5) is 26.9. The lowest BCUT2D eigenvalue weighted by atomic mass is 10.2. The molecule has 0 bridgehead atoms. The van der Waals surface area contributed by atoms with Gasteiger partial charge >= 0.3 is 5.97 Å². The number of carbonyl (C=O) groups is 1. The number of halogens is 1. The lowest BCUT2D eigenvalue weighted by Gasteiger charge is -2.06. The topological polar surface area (TPSA) is 72.2 Å². The number of carboxylic acid groups (broad SMARTS) is 1. The van der Waals surface area contributed by atoms with Crippen molar-refractivity contribution in [2.24, 2.45) is 0 Å². The zero-order valence-electron chi connectivity index (χ0n) is 10.9. The Hall–Kier alpha value is -1.69. The van der Waals surface area contributed by atoms with Gasteiger partial charge in [-0.2, -0.15) is 0 Å². The van der Waals surface area contributed by atoms with E-state index in [1.165, 1.54) is 0 Å². The molecule has 1 heterocycles. The molecule has 0 aliphatic carbocycles. The predicted octanol–water partition coefficient (Wildman–Crippen LogP) is 2.80.